The van der Waals surface area contributed by atoms with Crippen LogP contribution in [0, 0.1) is 6.92 Å². The van der Waals surface area contributed by atoms with E-state index < -0.39 is 0 Å². The molecule has 0 saturated carbocycles. The molecule has 48 valence electrons. The second-order valence-corrected chi connectivity index (χ2v) is 3.39. The van der Waals surface area contributed by atoms with Crippen LogP contribution in [-0.4, -0.2) is 4.98 Å². The van der Waals surface area contributed by atoms with Crippen LogP contribution in [0.1, 0.15) is 5.56 Å². The molecule has 0 radical (unpaired) electrons. The number of hydrogen-bond donors (Lipinski definition) is 0. The zero-order valence-electron chi connectivity index (χ0n) is 4.86. The summed E-state index contributed by atoms with van der Waals surface area (Å²) in [6.45, 7) is 2.00. The van der Waals surface area contributed by atoms with Crippen molar-refractivity contribution in [3.8, 4) is 0 Å². The average molecular weight is 251 g/mol. The van der Waals surface area contributed by atoms with Gasteiger partial charge in [-0.15, -0.1) is 0 Å². The van der Waals surface area contributed by atoms with E-state index in [-0.39, 0.29) is 0 Å². The van der Waals surface area contributed by atoms with Crippen LogP contribution in [0.5, 0.6) is 0 Å². The molecule has 0 spiro atoms. The highest BCUT2D eigenvalue weighted by atomic mass is 79.9. The standard InChI is InChI=1S/C6H5Br2N/c1-4-2-5(7)6(8)9-3-4/h2-3H,1H3. The van der Waals surface area contributed by atoms with Gasteiger partial charge in [-0.2, -0.15) is 0 Å². The Balaban J connectivity index is 3.17. The summed E-state index contributed by atoms with van der Waals surface area (Å²) < 4.78 is 1.86. The number of aryl methyl sites for hydroxylation is 1. The summed E-state index contributed by atoms with van der Waals surface area (Å²) in [6, 6.07) is 2.01. The van der Waals surface area contributed by atoms with E-state index in [0.717, 1.165) is 14.6 Å². The summed E-state index contributed by atoms with van der Waals surface area (Å²) in [5.74, 6) is 0. The first-order valence-electron chi connectivity index (χ1n) is 2.48. The molecule has 1 nitrogen and oxygen atoms in total. The minimum atomic E-state index is 0.855. The molecular formula is C6H5Br2N. The maximum absolute atomic E-state index is 4.05. The van der Waals surface area contributed by atoms with Gasteiger partial charge in [-0.1, -0.05) is 0 Å². The van der Waals surface area contributed by atoms with Crippen LogP contribution in [0.2, 0.25) is 0 Å². The van der Waals surface area contributed by atoms with Crippen molar-refractivity contribution in [2.75, 3.05) is 0 Å². The Morgan fingerprint density at radius 1 is 1.44 bits per heavy atom. The summed E-state index contributed by atoms with van der Waals surface area (Å²) >= 11 is 6.61. The highest BCUT2D eigenvalue weighted by Crippen LogP contribution is 2.20. The smallest absolute Gasteiger partial charge is 0.120 e. The first kappa shape index (κ1) is 7.22. The van der Waals surface area contributed by atoms with Gasteiger partial charge in [0.25, 0.3) is 0 Å². The number of pyridine rings is 1. The molecule has 0 aromatic carbocycles. The van der Waals surface area contributed by atoms with Crippen molar-refractivity contribution in [3.63, 3.8) is 0 Å². The van der Waals surface area contributed by atoms with Gasteiger partial charge in [0.1, 0.15) is 4.60 Å². The Kier molecular flexibility index (Phi) is 2.24. The largest absolute Gasteiger partial charge is 0.248 e. The van der Waals surface area contributed by atoms with E-state index in [0.29, 0.717) is 0 Å². The molecule has 1 aromatic heterocycles. The minimum Gasteiger partial charge on any atom is -0.248 e. The molecule has 1 rings (SSSR count). The van der Waals surface area contributed by atoms with Gasteiger partial charge < -0.3 is 0 Å². The highest BCUT2D eigenvalue weighted by molar-refractivity contribution is 9.13. The maximum atomic E-state index is 4.05. The van der Waals surface area contributed by atoms with E-state index in [4.69, 9.17) is 0 Å². The molecule has 1 aromatic rings. The van der Waals surface area contributed by atoms with E-state index >= 15 is 0 Å². The van der Waals surface area contributed by atoms with Crippen LogP contribution in [0.3, 0.4) is 0 Å². The molecule has 0 aliphatic carbocycles. The van der Waals surface area contributed by atoms with E-state index in [2.05, 4.69) is 36.8 Å². The van der Waals surface area contributed by atoms with Gasteiger partial charge in [-0.05, 0) is 50.4 Å². The van der Waals surface area contributed by atoms with E-state index in [9.17, 15) is 0 Å². The lowest BCUT2D eigenvalue weighted by Crippen LogP contribution is -1.78. The monoisotopic (exact) mass is 249 g/mol. The highest BCUT2D eigenvalue weighted by Gasteiger charge is 1.94. The van der Waals surface area contributed by atoms with Gasteiger partial charge in [0.15, 0.2) is 0 Å². The SMILES string of the molecule is Cc1cnc(Br)c(Br)c1. The minimum absolute atomic E-state index is 0.855. The Hall–Kier alpha value is 0.110. The number of nitrogens with zero attached hydrogens (tertiary/aromatic N) is 1. The Labute approximate surface area is 70.8 Å². The van der Waals surface area contributed by atoms with Crippen molar-refractivity contribution < 1.29 is 0 Å². The molecule has 0 unspecified atom stereocenters. The van der Waals surface area contributed by atoms with Crippen molar-refractivity contribution in [2.45, 2.75) is 6.92 Å². The van der Waals surface area contributed by atoms with Crippen LogP contribution >= 0.6 is 31.9 Å². The van der Waals surface area contributed by atoms with Crippen LogP contribution in [0.25, 0.3) is 0 Å². The Morgan fingerprint density at radius 3 is 2.56 bits per heavy atom. The molecule has 0 amide bonds. The molecule has 0 fully saturated rings. The normalized spacial score (nSPS) is 9.67. The summed E-state index contributed by atoms with van der Waals surface area (Å²) in [6.07, 6.45) is 1.81. The van der Waals surface area contributed by atoms with Crippen molar-refractivity contribution in [1.82, 2.24) is 4.98 Å². The first-order valence-corrected chi connectivity index (χ1v) is 4.06. The fourth-order valence-corrected chi connectivity index (χ4v) is 1.20. The third-order valence-electron chi connectivity index (χ3n) is 0.933. The van der Waals surface area contributed by atoms with Crippen molar-refractivity contribution in [1.29, 1.82) is 0 Å². The van der Waals surface area contributed by atoms with Gasteiger partial charge in [-0.25, -0.2) is 4.98 Å². The topological polar surface area (TPSA) is 12.9 Å². The third kappa shape index (κ3) is 1.76. The molecule has 3 heteroatoms. The van der Waals surface area contributed by atoms with Gasteiger partial charge in [0.05, 0.1) is 4.47 Å². The number of rotatable bonds is 0. The molecular weight excluding hydrogens is 246 g/mol. The maximum Gasteiger partial charge on any atom is 0.120 e. The fraction of sp³-hybridized carbons (Fsp3) is 0.167. The van der Waals surface area contributed by atoms with Gasteiger partial charge in [0, 0.05) is 6.20 Å². The van der Waals surface area contributed by atoms with Crippen LogP contribution in [0.15, 0.2) is 21.3 Å². The van der Waals surface area contributed by atoms with E-state index in [1.54, 1.807) is 0 Å². The Bertz CT molecular complexity index is 222. The molecule has 0 saturated heterocycles. The zero-order chi connectivity index (χ0) is 6.85. The summed E-state index contributed by atoms with van der Waals surface area (Å²) in [7, 11) is 0. The quantitative estimate of drug-likeness (QED) is 0.646. The lowest BCUT2D eigenvalue weighted by molar-refractivity contribution is 1.21. The number of aromatic nitrogens is 1. The summed E-state index contributed by atoms with van der Waals surface area (Å²) in [4.78, 5) is 4.05. The van der Waals surface area contributed by atoms with Crippen LogP contribution < -0.4 is 0 Å². The van der Waals surface area contributed by atoms with Crippen molar-refractivity contribution in [2.24, 2.45) is 0 Å². The second kappa shape index (κ2) is 2.80. The van der Waals surface area contributed by atoms with Gasteiger partial charge in [-0.3, -0.25) is 0 Å². The number of hydrogen-bond acceptors (Lipinski definition) is 1. The van der Waals surface area contributed by atoms with Crippen LogP contribution in [0.4, 0.5) is 0 Å². The van der Waals surface area contributed by atoms with E-state index in [1.807, 2.05) is 19.2 Å². The average Bonchev–Trinajstić information content (AvgIpc) is 1.80. The molecule has 9 heavy (non-hydrogen) atoms. The predicted molar refractivity (Wildman–Crippen MR) is 44.4 cm³/mol. The third-order valence-corrected chi connectivity index (χ3v) is 2.70. The number of halogens is 2. The van der Waals surface area contributed by atoms with Crippen molar-refractivity contribution >= 4 is 31.9 Å². The lowest BCUT2D eigenvalue weighted by Gasteiger charge is -1.94. The molecule has 0 aliphatic rings. The Morgan fingerprint density at radius 2 is 2.11 bits per heavy atom. The lowest BCUT2D eigenvalue weighted by atomic mass is 10.3. The molecule has 0 aliphatic heterocycles. The zero-order valence-corrected chi connectivity index (χ0v) is 8.03. The molecule has 0 atom stereocenters. The first-order chi connectivity index (χ1) is 4.20. The molecule has 1 heterocycles. The predicted octanol–water partition coefficient (Wildman–Crippen LogP) is 2.92. The summed E-state index contributed by atoms with van der Waals surface area (Å²) in [5.41, 5.74) is 1.16. The molecule has 0 N–H and O–H groups in total. The summed E-state index contributed by atoms with van der Waals surface area (Å²) in [5, 5.41) is 0. The van der Waals surface area contributed by atoms with Crippen molar-refractivity contribution in [3.05, 3.63) is 26.9 Å². The van der Waals surface area contributed by atoms with Crippen LogP contribution in [-0.2, 0) is 0 Å². The molecule has 0 bridgehead atoms. The fourth-order valence-electron chi connectivity index (χ4n) is 0.517. The van der Waals surface area contributed by atoms with E-state index in [1.165, 1.54) is 0 Å². The second-order valence-electron chi connectivity index (χ2n) is 1.79. The van der Waals surface area contributed by atoms with Gasteiger partial charge >= 0.3 is 0 Å². The van der Waals surface area contributed by atoms with Gasteiger partial charge in [0.2, 0.25) is 0 Å².